The summed E-state index contributed by atoms with van der Waals surface area (Å²) in [6.45, 7) is 2.51. The van der Waals surface area contributed by atoms with E-state index in [1.165, 1.54) is 66.7 Å². The van der Waals surface area contributed by atoms with E-state index in [1.807, 2.05) is 0 Å². The SMILES string of the molecule is CCOc1ccn(-c2ccc(F)cc2)c(=O)c1C(=O)NC1=CC(F)C(Oc2ncnc3cc(OC)c4c(c23)OCCO4)C=C1. The average Bonchev–Trinajstić information content (AvgIpc) is 3.02. The van der Waals surface area contributed by atoms with Gasteiger partial charge < -0.3 is 29.0 Å². The third-order valence-corrected chi connectivity index (χ3v) is 6.87. The smallest absolute Gasteiger partial charge is 0.271 e. The van der Waals surface area contributed by atoms with Crippen LogP contribution >= 0.6 is 0 Å². The van der Waals surface area contributed by atoms with Crippen molar-refractivity contribution in [1.29, 1.82) is 0 Å². The van der Waals surface area contributed by atoms with Crippen LogP contribution in [0.5, 0.6) is 28.9 Å². The third-order valence-electron chi connectivity index (χ3n) is 6.87. The summed E-state index contributed by atoms with van der Waals surface area (Å²) in [5.74, 6) is -0.0251. The molecule has 2 atom stereocenters. The Morgan fingerprint density at radius 3 is 2.61 bits per heavy atom. The zero-order valence-corrected chi connectivity index (χ0v) is 23.6. The standard InChI is InChI=1S/C31H26F2N4O7/c1-3-41-23-10-11-37(19-7-4-17(32)5-8-19)31(39)26(23)29(38)36-18-6-9-22(20(33)14-18)44-30-25-21(34-16-35-30)15-24(40-2)27-28(25)43-13-12-42-27/h4-11,14-16,20,22H,3,12-13H2,1-2H3,(H,36,38). The van der Waals surface area contributed by atoms with Gasteiger partial charge in [-0.1, -0.05) is 0 Å². The molecular weight excluding hydrogens is 578 g/mol. The number of nitrogens with zero attached hydrogens (tertiary/aromatic N) is 3. The number of hydrogen-bond acceptors (Lipinski definition) is 9. The molecule has 0 radical (unpaired) electrons. The van der Waals surface area contributed by atoms with E-state index >= 15 is 4.39 Å². The van der Waals surface area contributed by atoms with Gasteiger partial charge in [-0.25, -0.2) is 18.7 Å². The zero-order chi connectivity index (χ0) is 30.8. The number of rotatable bonds is 8. The number of hydrogen-bond donors (Lipinski definition) is 1. The highest BCUT2D eigenvalue weighted by molar-refractivity contribution is 5.98. The number of amides is 1. The molecule has 1 aliphatic heterocycles. The van der Waals surface area contributed by atoms with Gasteiger partial charge in [0.2, 0.25) is 11.6 Å². The molecular formula is C31H26F2N4O7. The monoisotopic (exact) mass is 604 g/mol. The molecule has 1 N–H and O–H groups in total. The van der Waals surface area contributed by atoms with E-state index in [1.54, 1.807) is 13.0 Å². The van der Waals surface area contributed by atoms with Crippen molar-refractivity contribution < 1.29 is 37.3 Å². The van der Waals surface area contributed by atoms with Gasteiger partial charge in [-0.15, -0.1) is 0 Å². The van der Waals surface area contributed by atoms with Gasteiger partial charge in [-0.05, 0) is 55.5 Å². The third kappa shape index (κ3) is 5.39. The highest BCUT2D eigenvalue weighted by atomic mass is 19.1. The first-order valence-electron chi connectivity index (χ1n) is 13.7. The summed E-state index contributed by atoms with van der Waals surface area (Å²) in [6, 6.07) is 8.33. The minimum Gasteiger partial charge on any atom is -0.493 e. The molecule has 13 heteroatoms. The van der Waals surface area contributed by atoms with Gasteiger partial charge in [0.1, 0.15) is 42.1 Å². The van der Waals surface area contributed by atoms with Gasteiger partial charge in [0, 0.05) is 23.6 Å². The van der Waals surface area contributed by atoms with Gasteiger partial charge in [-0.3, -0.25) is 14.2 Å². The molecule has 4 aromatic rings. The molecule has 0 bridgehead atoms. The predicted molar refractivity (Wildman–Crippen MR) is 154 cm³/mol. The van der Waals surface area contributed by atoms with Crippen LogP contribution in [0.15, 0.2) is 77.6 Å². The number of aromatic nitrogens is 3. The molecule has 2 aromatic carbocycles. The highest BCUT2D eigenvalue weighted by Gasteiger charge is 2.29. The van der Waals surface area contributed by atoms with Crippen molar-refractivity contribution in [2.75, 3.05) is 26.9 Å². The second kappa shape index (κ2) is 12.0. The molecule has 226 valence electrons. The van der Waals surface area contributed by atoms with Gasteiger partial charge in [0.25, 0.3) is 11.5 Å². The molecule has 11 nitrogen and oxygen atoms in total. The summed E-state index contributed by atoms with van der Waals surface area (Å²) in [7, 11) is 1.50. The number of methoxy groups -OCH3 is 1. The number of allylic oxidation sites excluding steroid dienone is 1. The number of carbonyl (C=O) groups excluding carboxylic acids is 1. The van der Waals surface area contributed by atoms with Gasteiger partial charge in [0.05, 0.1) is 19.2 Å². The van der Waals surface area contributed by atoms with Crippen LogP contribution in [0, 0.1) is 5.82 Å². The fraction of sp³-hybridized carbons (Fsp3) is 0.226. The van der Waals surface area contributed by atoms with E-state index in [2.05, 4.69) is 15.3 Å². The lowest BCUT2D eigenvalue weighted by Gasteiger charge is -2.25. The number of alkyl halides is 1. The largest absolute Gasteiger partial charge is 0.493 e. The normalized spacial score (nSPS) is 17.1. The van der Waals surface area contributed by atoms with Crippen LogP contribution in [-0.2, 0) is 0 Å². The van der Waals surface area contributed by atoms with E-state index in [9.17, 15) is 14.0 Å². The molecule has 1 aliphatic carbocycles. The van der Waals surface area contributed by atoms with Crippen LogP contribution in [0.2, 0.25) is 0 Å². The summed E-state index contributed by atoms with van der Waals surface area (Å²) in [5.41, 5.74) is -0.0817. The van der Waals surface area contributed by atoms with Crippen molar-refractivity contribution >= 4 is 16.8 Å². The van der Waals surface area contributed by atoms with Crippen LogP contribution in [0.25, 0.3) is 16.6 Å². The van der Waals surface area contributed by atoms with Crippen LogP contribution in [0.4, 0.5) is 8.78 Å². The van der Waals surface area contributed by atoms with Crippen molar-refractivity contribution in [1.82, 2.24) is 19.9 Å². The number of benzene rings is 2. The Balaban J connectivity index is 1.24. The Bertz CT molecular complexity index is 1860. The maximum atomic E-state index is 15.4. The molecule has 2 unspecified atom stereocenters. The summed E-state index contributed by atoms with van der Waals surface area (Å²) < 4.78 is 58.5. The number of carbonyl (C=O) groups is 1. The van der Waals surface area contributed by atoms with Crippen LogP contribution in [-0.4, -0.2) is 59.6 Å². The predicted octanol–water partition coefficient (Wildman–Crippen LogP) is 4.07. The van der Waals surface area contributed by atoms with Gasteiger partial charge >= 0.3 is 0 Å². The van der Waals surface area contributed by atoms with Gasteiger partial charge in [-0.2, -0.15) is 0 Å². The molecule has 0 fully saturated rings. The Morgan fingerprint density at radius 1 is 1.11 bits per heavy atom. The summed E-state index contributed by atoms with van der Waals surface area (Å²) >= 11 is 0. The lowest BCUT2D eigenvalue weighted by molar-refractivity contribution is 0.0959. The summed E-state index contributed by atoms with van der Waals surface area (Å²) in [6.07, 6.45) is 3.94. The first-order chi connectivity index (χ1) is 21.4. The lowest BCUT2D eigenvalue weighted by Crippen LogP contribution is -2.35. The van der Waals surface area contributed by atoms with Crippen molar-refractivity contribution in [3.63, 3.8) is 0 Å². The molecule has 6 rings (SSSR count). The van der Waals surface area contributed by atoms with Crippen molar-refractivity contribution in [3.05, 3.63) is 94.6 Å². The maximum absolute atomic E-state index is 15.4. The Hall–Kier alpha value is -5.46. The Labute approximate surface area is 249 Å². The number of nitrogens with one attached hydrogen (secondary N) is 1. The second-order valence-electron chi connectivity index (χ2n) is 9.61. The molecule has 0 saturated carbocycles. The number of halogens is 2. The first-order valence-corrected chi connectivity index (χ1v) is 13.7. The second-order valence-corrected chi connectivity index (χ2v) is 9.61. The summed E-state index contributed by atoms with van der Waals surface area (Å²) in [5, 5.41) is 2.97. The van der Waals surface area contributed by atoms with Crippen LogP contribution in [0.1, 0.15) is 17.3 Å². The van der Waals surface area contributed by atoms with Crippen molar-refractivity contribution in [2.45, 2.75) is 19.2 Å². The van der Waals surface area contributed by atoms with Crippen LogP contribution in [0.3, 0.4) is 0 Å². The van der Waals surface area contributed by atoms with E-state index in [0.717, 1.165) is 6.08 Å². The van der Waals surface area contributed by atoms with E-state index in [0.29, 0.717) is 40.4 Å². The molecule has 1 amide bonds. The quantitative estimate of drug-likeness (QED) is 0.317. The number of pyridine rings is 1. The summed E-state index contributed by atoms with van der Waals surface area (Å²) in [4.78, 5) is 35.2. The minimum atomic E-state index is -1.70. The van der Waals surface area contributed by atoms with Crippen molar-refractivity contribution in [2.24, 2.45) is 0 Å². The molecule has 0 spiro atoms. The topological polar surface area (TPSA) is 123 Å². The molecule has 44 heavy (non-hydrogen) atoms. The van der Waals surface area contributed by atoms with E-state index in [-0.39, 0.29) is 36.1 Å². The molecule has 2 aromatic heterocycles. The van der Waals surface area contributed by atoms with E-state index in [4.69, 9.17) is 23.7 Å². The lowest BCUT2D eigenvalue weighted by atomic mass is 10.1. The minimum absolute atomic E-state index is 0.0496. The molecule has 3 heterocycles. The fourth-order valence-electron chi connectivity index (χ4n) is 4.87. The fourth-order valence-corrected chi connectivity index (χ4v) is 4.87. The zero-order valence-electron chi connectivity index (χ0n) is 23.6. The Morgan fingerprint density at radius 2 is 1.89 bits per heavy atom. The molecule has 0 saturated heterocycles. The Kier molecular flexibility index (Phi) is 7.84. The molecule has 2 aliphatic rings. The maximum Gasteiger partial charge on any atom is 0.271 e. The van der Waals surface area contributed by atoms with Gasteiger partial charge in [0.15, 0.2) is 23.8 Å². The average molecular weight is 605 g/mol. The van der Waals surface area contributed by atoms with E-state index < -0.39 is 29.6 Å². The van der Waals surface area contributed by atoms with Crippen LogP contribution < -0.4 is 34.6 Å². The number of fused-ring (bicyclic) bond motifs is 3. The van der Waals surface area contributed by atoms with Crippen molar-refractivity contribution in [3.8, 4) is 34.6 Å². The number of ether oxygens (including phenoxy) is 5. The highest BCUT2D eigenvalue weighted by Crippen LogP contribution is 2.47. The first kappa shape index (κ1) is 28.6.